The Balaban J connectivity index is 1.57. The van der Waals surface area contributed by atoms with Gasteiger partial charge in [0, 0.05) is 12.5 Å². The van der Waals surface area contributed by atoms with Gasteiger partial charge in [0.2, 0.25) is 5.91 Å². The van der Waals surface area contributed by atoms with Crippen LogP contribution in [0.5, 0.6) is 11.5 Å². The smallest absolute Gasteiger partial charge is 0.255 e. The zero-order valence-electron chi connectivity index (χ0n) is 22.5. The number of anilines is 2. The third kappa shape index (κ3) is 7.57. The number of halogens is 1. The van der Waals surface area contributed by atoms with Crippen molar-refractivity contribution in [3.63, 3.8) is 0 Å². The maximum Gasteiger partial charge on any atom is 0.255 e. The molecule has 0 bridgehead atoms. The molecule has 0 heterocycles. The van der Waals surface area contributed by atoms with E-state index in [1.807, 2.05) is 49.4 Å². The molecule has 0 unspecified atom stereocenters. The predicted octanol–water partition coefficient (Wildman–Crippen LogP) is 7.62. The number of allylic oxidation sites excluding steroid dienone is 1. The Bertz CT molecular complexity index is 1500. The first-order valence-corrected chi connectivity index (χ1v) is 12.9. The van der Waals surface area contributed by atoms with Crippen molar-refractivity contribution in [2.45, 2.75) is 33.5 Å². The molecule has 0 aliphatic heterocycles. The average Bonchev–Trinajstić information content (AvgIpc) is 2.96. The van der Waals surface area contributed by atoms with Crippen LogP contribution in [-0.4, -0.2) is 11.8 Å². The minimum Gasteiger partial charge on any atom is -0.487 e. The second-order valence-electron chi connectivity index (χ2n) is 9.20. The van der Waals surface area contributed by atoms with Gasteiger partial charge in [-0.2, -0.15) is 0 Å². The molecule has 2 N–H and O–H groups in total. The number of carbonyl (C=O) groups excluding carboxylic acids is 2. The van der Waals surface area contributed by atoms with Crippen molar-refractivity contribution in [3.8, 4) is 11.5 Å². The highest BCUT2D eigenvalue weighted by Gasteiger charge is 2.15. The molecule has 7 heteroatoms. The van der Waals surface area contributed by atoms with Crippen LogP contribution in [-0.2, 0) is 18.0 Å². The van der Waals surface area contributed by atoms with E-state index >= 15 is 0 Å². The van der Waals surface area contributed by atoms with Crippen molar-refractivity contribution in [1.29, 1.82) is 0 Å². The summed E-state index contributed by atoms with van der Waals surface area (Å²) < 4.78 is 25.4. The lowest BCUT2D eigenvalue weighted by molar-refractivity contribution is -0.114. The standard InChI is InChI=1S/C33H31FN2O4/c1-4-22(2)26-12-16-30(31(18-26)40-21-25-10-14-28(34)15-11-25)36-33(38)27-13-17-29(35-23(3)37)32(19-27)39-20-24-8-6-5-7-9-24/h5-19H,2,4,20-21H2,1,3H3,(H,35,37)(H,36,38). The van der Waals surface area contributed by atoms with E-state index in [0.29, 0.717) is 28.4 Å². The summed E-state index contributed by atoms with van der Waals surface area (Å²) in [7, 11) is 0. The second-order valence-corrected chi connectivity index (χ2v) is 9.20. The van der Waals surface area contributed by atoms with E-state index in [9.17, 15) is 14.0 Å². The maximum atomic E-state index is 13.3. The van der Waals surface area contributed by atoms with Crippen LogP contribution in [0.3, 0.4) is 0 Å². The summed E-state index contributed by atoms with van der Waals surface area (Å²) >= 11 is 0. The maximum absolute atomic E-state index is 13.3. The van der Waals surface area contributed by atoms with Gasteiger partial charge >= 0.3 is 0 Å². The Kier molecular flexibility index (Phi) is 9.31. The topological polar surface area (TPSA) is 76.7 Å². The molecule has 0 spiro atoms. The Morgan fingerprint density at radius 1 is 0.750 bits per heavy atom. The normalized spacial score (nSPS) is 10.5. The molecule has 0 fully saturated rings. The minimum absolute atomic E-state index is 0.189. The van der Waals surface area contributed by atoms with Crippen molar-refractivity contribution in [2.24, 2.45) is 0 Å². The van der Waals surface area contributed by atoms with E-state index in [4.69, 9.17) is 9.47 Å². The molecular formula is C33H31FN2O4. The van der Waals surface area contributed by atoms with Gasteiger partial charge in [-0.25, -0.2) is 4.39 Å². The minimum atomic E-state index is -0.382. The zero-order valence-corrected chi connectivity index (χ0v) is 22.5. The summed E-state index contributed by atoms with van der Waals surface area (Å²) in [6, 6.07) is 26.0. The van der Waals surface area contributed by atoms with Crippen molar-refractivity contribution in [2.75, 3.05) is 10.6 Å². The summed E-state index contributed by atoms with van der Waals surface area (Å²) in [5.41, 5.74) is 4.83. The molecule has 2 amide bonds. The number of ether oxygens (including phenoxy) is 2. The molecule has 0 atom stereocenters. The third-order valence-electron chi connectivity index (χ3n) is 6.16. The molecule has 4 aromatic rings. The van der Waals surface area contributed by atoms with Gasteiger partial charge in [-0.1, -0.05) is 62.0 Å². The van der Waals surface area contributed by atoms with Crippen LogP contribution in [0.2, 0.25) is 0 Å². The first kappa shape index (κ1) is 28.1. The van der Waals surface area contributed by atoms with Gasteiger partial charge in [0.15, 0.2) is 0 Å². The van der Waals surface area contributed by atoms with Gasteiger partial charge in [-0.3, -0.25) is 9.59 Å². The van der Waals surface area contributed by atoms with E-state index < -0.39 is 0 Å². The molecule has 0 aliphatic carbocycles. The number of hydrogen-bond acceptors (Lipinski definition) is 4. The fraction of sp³-hybridized carbons (Fsp3) is 0.152. The lowest BCUT2D eigenvalue weighted by Crippen LogP contribution is -2.14. The number of carbonyl (C=O) groups is 2. The number of hydrogen-bond donors (Lipinski definition) is 2. The molecule has 0 aliphatic rings. The molecule has 0 radical (unpaired) electrons. The average molecular weight is 539 g/mol. The van der Waals surface area contributed by atoms with Gasteiger partial charge in [-0.15, -0.1) is 0 Å². The van der Waals surface area contributed by atoms with Crippen molar-refractivity contribution in [3.05, 3.63) is 126 Å². The molecule has 0 saturated carbocycles. The Morgan fingerprint density at radius 2 is 1.30 bits per heavy atom. The Morgan fingerprint density at radius 3 is 1.90 bits per heavy atom. The van der Waals surface area contributed by atoms with Crippen LogP contribution in [0.15, 0.2) is 97.6 Å². The number of amides is 2. The van der Waals surface area contributed by atoms with E-state index in [0.717, 1.165) is 28.7 Å². The summed E-state index contributed by atoms with van der Waals surface area (Å²) in [4.78, 5) is 25.1. The van der Waals surface area contributed by atoms with Crippen LogP contribution < -0.4 is 20.1 Å². The molecule has 0 saturated heterocycles. The Hall–Kier alpha value is -4.91. The van der Waals surface area contributed by atoms with Gasteiger partial charge in [-0.05, 0) is 71.1 Å². The fourth-order valence-corrected chi connectivity index (χ4v) is 3.92. The Labute approximate surface area is 233 Å². The first-order valence-electron chi connectivity index (χ1n) is 12.9. The number of nitrogens with one attached hydrogen (secondary N) is 2. The van der Waals surface area contributed by atoms with Crippen molar-refractivity contribution >= 4 is 28.8 Å². The van der Waals surface area contributed by atoms with E-state index in [1.54, 1.807) is 36.4 Å². The molecular weight excluding hydrogens is 507 g/mol. The quantitative estimate of drug-likeness (QED) is 0.206. The van der Waals surface area contributed by atoms with Gasteiger partial charge in [0.1, 0.15) is 30.5 Å². The highest BCUT2D eigenvalue weighted by molar-refractivity contribution is 6.06. The van der Waals surface area contributed by atoms with Crippen molar-refractivity contribution < 1.29 is 23.5 Å². The van der Waals surface area contributed by atoms with E-state index in [-0.39, 0.29) is 30.8 Å². The van der Waals surface area contributed by atoms with Crippen LogP contribution in [0.4, 0.5) is 15.8 Å². The first-order chi connectivity index (χ1) is 19.3. The molecule has 4 aromatic carbocycles. The SMILES string of the molecule is C=C(CC)c1ccc(NC(=O)c2ccc(NC(C)=O)c(OCc3ccccc3)c2)c(OCc2ccc(F)cc2)c1. The van der Waals surface area contributed by atoms with Crippen molar-refractivity contribution in [1.82, 2.24) is 0 Å². The molecule has 4 rings (SSSR count). The monoisotopic (exact) mass is 538 g/mol. The zero-order chi connectivity index (χ0) is 28.5. The highest BCUT2D eigenvalue weighted by atomic mass is 19.1. The predicted molar refractivity (Wildman–Crippen MR) is 156 cm³/mol. The molecule has 0 aromatic heterocycles. The van der Waals surface area contributed by atoms with Crippen LogP contribution in [0.1, 0.15) is 47.3 Å². The van der Waals surface area contributed by atoms with E-state index in [1.165, 1.54) is 19.1 Å². The van der Waals surface area contributed by atoms with Gasteiger partial charge in [0.25, 0.3) is 5.91 Å². The van der Waals surface area contributed by atoms with Crippen LogP contribution >= 0.6 is 0 Å². The van der Waals surface area contributed by atoms with E-state index in [2.05, 4.69) is 17.2 Å². The van der Waals surface area contributed by atoms with Gasteiger partial charge < -0.3 is 20.1 Å². The largest absolute Gasteiger partial charge is 0.487 e. The molecule has 40 heavy (non-hydrogen) atoms. The number of benzene rings is 4. The molecule has 6 nitrogen and oxygen atoms in total. The highest BCUT2D eigenvalue weighted by Crippen LogP contribution is 2.32. The summed E-state index contributed by atoms with van der Waals surface area (Å²) in [5.74, 6) is -0.130. The third-order valence-corrected chi connectivity index (χ3v) is 6.16. The number of rotatable bonds is 11. The molecule has 204 valence electrons. The lowest BCUT2D eigenvalue weighted by atomic mass is 10.0. The summed E-state index contributed by atoms with van der Waals surface area (Å²) in [5, 5.41) is 5.67. The van der Waals surface area contributed by atoms with Crippen LogP contribution in [0.25, 0.3) is 5.57 Å². The van der Waals surface area contributed by atoms with Crippen LogP contribution in [0, 0.1) is 5.82 Å². The van der Waals surface area contributed by atoms with Gasteiger partial charge in [0.05, 0.1) is 11.4 Å². The fourth-order valence-electron chi connectivity index (χ4n) is 3.92. The summed E-state index contributed by atoms with van der Waals surface area (Å²) in [6.45, 7) is 7.98. The summed E-state index contributed by atoms with van der Waals surface area (Å²) in [6.07, 6.45) is 0.759. The lowest BCUT2D eigenvalue weighted by Gasteiger charge is -2.16. The second kappa shape index (κ2) is 13.2.